The SMILES string of the molecule is O=C(CN1CCCC2CCCCC21)N1CCCC1. The van der Waals surface area contributed by atoms with E-state index in [1.54, 1.807) is 0 Å². The first kappa shape index (κ1) is 12.5. The Morgan fingerprint density at radius 2 is 1.61 bits per heavy atom. The summed E-state index contributed by atoms with van der Waals surface area (Å²) in [4.78, 5) is 16.9. The van der Waals surface area contributed by atoms with E-state index in [4.69, 9.17) is 0 Å². The molecule has 2 unspecified atom stereocenters. The largest absolute Gasteiger partial charge is 0.342 e. The van der Waals surface area contributed by atoms with Crippen molar-refractivity contribution in [1.82, 2.24) is 9.80 Å². The van der Waals surface area contributed by atoms with Gasteiger partial charge in [0, 0.05) is 19.1 Å². The lowest BCUT2D eigenvalue weighted by Crippen LogP contribution is -2.50. The molecule has 0 radical (unpaired) electrons. The third-order valence-electron chi connectivity index (χ3n) is 5.16. The summed E-state index contributed by atoms with van der Waals surface area (Å²) in [5.41, 5.74) is 0. The predicted octanol–water partition coefficient (Wildman–Crippen LogP) is 2.26. The molecule has 1 aliphatic carbocycles. The fourth-order valence-electron chi connectivity index (χ4n) is 4.16. The van der Waals surface area contributed by atoms with Crippen molar-refractivity contribution in [3.05, 3.63) is 0 Å². The smallest absolute Gasteiger partial charge is 0.236 e. The first-order valence-corrected chi connectivity index (χ1v) is 7.86. The molecule has 3 nitrogen and oxygen atoms in total. The van der Waals surface area contributed by atoms with E-state index in [9.17, 15) is 4.79 Å². The number of carbonyl (C=O) groups excluding carboxylic acids is 1. The van der Waals surface area contributed by atoms with Crippen LogP contribution < -0.4 is 0 Å². The Hall–Kier alpha value is -0.570. The lowest BCUT2D eigenvalue weighted by Gasteiger charge is -2.44. The molecule has 3 fully saturated rings. The number of piperidine rings is 1. The third kappa shape index (κ3) is 2.56. The number of rotatable bonds is 2. The minimum Gasteiger partial charge on any atom is -0.342 e. The van der Waals surface area contributed by atoms with Gasteiger partial charge in [0.05, 0.1) is 6.54 Å². The van der Waals surface area contributed by atoms with Crippen molar-refractivity contribution in [3.63, 3.8) is 0 Å². The van der Waals surface area contributed by atoms with E-state index < -0.39 is 0 Å². The summed E-state index contributed by atoms with van der Waals surface area (Å²) in [6.45, 7) is 3.85. The van der Waals surface area contributed by atoms with Crippen LogP contribution in [-0.2, 0) is 4.79 Å². The van der Waals surface area contributed by atoms with Gasteiger partial charge in [-0.3, -0.25) is 9.69 Å². The Labute approximate surface area is 111 Å². The van der Waals surface area contributed by atoms with Crippen LogP contribution in [0, 0.1) is 5.92 Å². The normalized spacial score (nSPS) is 33.4. The Bertz CT molecular complexity index is 297. The highest BCUT2D eigenvalue weighted by molar-refractivity contribution is 5.78. The Balaban J connectivity index is 1.58. The first-order chi connectivity index (χ1) is 8.84. The van der Waals surface area contributed by atoms with Crippen LogP contribution in [0.25, 0.3) is 0 Å². The molecule has 18 heavy (non-hydrogen) atoms. The highest BCUT2D eigenvalue weighted by Crippen LogP contribution is 2.35. The maximum Gasteiger partial charge on any atom is 0.236 e. The second kappa shape index (κ2) is 5.60. The van der Waals surface area contributed by atoms with E-state index in [0.29, 0.717) is 12.5 Å². The van der Waals surface area contributed by atoms with Gasteiger partial charge in [-0.05, 0) is 51.0 Å². The maximum atomic E-state index is 12.3. The summed E-state index contributed by atoms with van der Waals surface area (Å²) in [7, 11) is 0. The number of fused-ring (bicyclic) bond motifs is 1. The molecule has 0 N–H and O–H groups in total. The van der Waals surface area contributed by atoms with Crippen LogP contribution in [0.5, 0.6) is 0 Å². The molecule has 2 aliphatic heterocycles. The lowest BCUT2D eigenvalue weighted by molar-refractivity contribution is -0.133. The Morgan fingerprint density at radius 1 is 0.889 bits per heavy atom. The standard InChI is InChI=1S/C15H26N2O/c18-15(16-9-3-4-10-16)12-17-11-5-7-13-6-1-2-8-14(13)17/h13-14H,1-12H2. The number of nitrogens with zero attached hydrogens (tertiary/aromatic N) is 2. The van der Waals surface area contributed by atoms with Gasteiger partial charge in [0.25, 0.3) is 0 Å². The van der Waals surface area contributed by atoms with Crippen LogP contribution >= 0.6 is 0 Å². The van der Waals surface area contributed by atoms with Crippen molar-refractivity contribution in [2.75, 3.05) is 26.2 Å². The summed E-state index contributed by atoms with van der Waals surface area (Å²) >= 11 is 0. The van der Waals surface area contributed by atoms with Gasteiger partial charge in [-0.15, -0.1) is 0 Å². The number of hydrogen-bond donors (Lipinski definition) is 0. The molecule has 3 rings (SSSR count). The average Bonchev–Trinajstić information content (AvgIpc) is 2.93. The van der Waals surface area contributed by atoms with E-state index in [1.165, 1.54) is 51.4 Å². The molecule has 1 saturated carbocycles. The Kier molecular flexibility index (Phi) is 3.88. The van der Waals surface area contributed by atoms with Gasteiger partial charge in [0.15, 0.2) is 0 Å². The molecule has 102 valence electrons. The minimum absolute atomic E-state index is 0.388. The molecule has 0 bridgehead atoms. The molecule has 2 atom stereocenters. The van der Waals surface area contributed by atoms with Crippen molar-refractivity contribution in [1.29, 1.82) is 0 Å². The van der Waals surface area contributed by atoms with E-state index in [0.717, 1.165) is 31.6 Å². The van der Waals surface area contributed by atoms with Gasteiger partial charge < -0.3 is 4.90 Å². The van der Waals surface area contributed by atoms with E-state index in [-0.39, 0.29) is 0 Å². The van der Waals surface area contributed by atoms with Crippen LogP contribution in [0.4, 0.5) is 0 Å². The van der Waals surface area contributed by atoms with Gasteiger partial charge in [0.1, 0.15) is 0 Å². The van der Waals surface area contributed by atoms with Crippen LogP contribution in [0.2, 0.25) is 0 Å². The number of amides is 1. The zero-order valence-electron chi connectivity index (χ0n) is 11.4. The highest BCUT2D eigenvalue weighted by Gasteiger charge is 2.34. The predicted molar refractivity (Wildman–Crippen MR) is 72.4 cm³/mol. The molecule has 0 aromatic heterocycles. The zero-order valence-corrected chi connectivity index (χ0v) is 11.4. The molecule has 2 saturated heterocycles. The second-order valence-corrected chi connectivity index (χ2v) is 6.31. The van der Waals surface area contributed by atoms with Crippen molar-refractivity contribution in [2.45, 2.75) is 57.4 Å². The maximum absolute atomic E-state index is 12.3. The molecule has 2 heterocycles. The van der Waals surface area contributed by atoms with Crippen LogP contribution in [0.3, 0.4) is 0 Å². The van der Waals surface area contributed by atoms with Crippen molar-refractivity contribution < 1.29 is 4.79 Å². The number of likely N-dealkylation sites (tertiary alicyclic amines) is 2. The van der Waals surface area contributed by atoms with E-state index in [2.05, 4.69) is 9.80 Å². The fraction of sp³-hybridized carbons (Fsp3) is 0.933. The summed E-state index contributed by atoms with van der Waals surface area (Å²) in [5, 5.41) is 0. The van der Waals surface area contributed by atoms with Crippen molar-refractivity contribution in [2.24, 2.45) is 5.92 Å². The topological polar surface area (TPSA) is 23.6 Å². The molecule has 0 aromatic rings. The van der Waals surface area contributed by atoms with Crippen molar-refractivity contribution in [3.8, 4) is 0 Å². The van der Waals surface area contributed by atoms with Gasteiger partial charge in [0.2, 0.25) is 5.91 Å². The zero-order chi connectivity index (χ0) is 12.4. The number of hydrogen-bond acceptors (Lipinski definition) is 2. The molecule has 0 spiro atoms. The van der Waals surface area contributed by atoms with Gasteiger partial charge in [-0.1, -0.05) is 12.8 Å². The summed E-state index contributed by atoms with van der Waals surface area (Å²) in [6.07, 6.45) is 10.6. The van der Waals surface area contributed by atoms with Crippen LogP contribution in [0.1, 0.15) is 51.4 Å². The van der Waals surface area contributed by atoms with Crippen molar-refractivity contribution >= 4 is 5.91 Å². The van der Waals surface area contributed by atoms with E-state index in [1.807, 2.05) is 0 Å². The fourth-order valence-corrected chi connectivity index (χ4v) is 4.16. The number of carbonyl (C=O) groups is 1. The van der Waals surface area contributed by atoms with Crippen LogP contribution in [0.15, 0.2) is 0 Å². The van der Waals surface area contributed by atoms with Gasteiger partial charge in [-0.25, -0.2) is 0 Å². The molecule has 3 heteroatoms. The Morgan fingerprint density at radius 3 is 2.44 bits per heavy atom. The van der Waals surface area contributed by atoms with Gasteiger partial charge in [-0.2, -0.15) is 0 Å². The molecule has 0 aromatic carbocycles. The monoisotopic (exact) mass is 250 g/mol. The molecule has 3 aliphatic rings. The summed E-state index contributed by atoms with van der Waals surface area (Å²) < 4.78 is 0. The third-order valence-corrected chi connectivity index (χ3v) is 5.16. The quantitative estimate of drug-likeness (QED) is 0.750. The van der Waals surface area contributed by atoms with Gasteiger partial charge >= 0.3 is 0 Å². The highest BCUT2D eigenvalue weighted by atomic mass is 16.2. The molecular weight excluding hydrogens is 224 g/mol. The lowest BCUT2D eigenvalue weighted by atomic mass is 9.78. The van der Waals surface area contributed by atoms with E-state index >= 15 is 0 Å². The first-order valence-electron chi connectivity index (χ1n) is 7.86. The van der Waals surface area contributed by atoms with Crippen LogP contribution in [-0.4, -0.2) is 47.9 Å². The molecular formula is C15H26N2O. The minimum atomic E-state index is 0.388. The molecule has 1 amide bonds. The summed E-state index contributed by atoms with van der Waals surface area (Å²) in [5.74, 6) is 1.28. The second-order valence-electron chi connectivity index (χ2n) is 6.31. The average molecular weight is 250 g/mol. The summed E-state index contributed by atoms with van der Waals surface area (Å²) in [6, 6.07) is 0.721.